The number of hydrogen-bond donors (Lipinski definition) is 1. The summed E-state index contributed by atoms with van der Waals surface area (Å²) < 4.78 is 6.53. The predicted octanol–water partition coefficient (Wildman–Crippen LogP) is 4.20. The topological polar surface area (TPSA) is 74.5 Å². The number of carbonyl (C=O) groups is 1. The van der Waals surface area contributed by atoms with E-state index in [9.17, 15) is 4.79 Å². The summed E-state index contributed by atoms with van der Waals surface area (Å²) in [5, 5.41) is 3.95. The molecule has 1 saturated heterocycles. The molecule has 0 atom stereocenters. The largest absolute Gasteiger partial charge is 0.441 e. The molecule has 5 rings (SSSR count). The molecule has 4 aromatic rings. The first-order valence-electron chi connectivity index (χ1n) is 9.57. The molecule has 1 aliphatic heterocycles. The first-order chi connectivity index (χ1) is 14.0. The second kappa shape index (κ2) is 7.40. The summed E-state index contributed by atoms with van der Waals surface area (Å²) in [5.74, 6) is 0.478. The van der Waals surface area contributed by atoms with E-state index in [1.807, 2.05) is 24.3 Å². The number of likely N-dealkylation sites (N-methyl/N-ethyl adjacent to an activating group) is 1. The molecule has 9 heteroatoms. The number of carbonyl (C=O) groups excluding carboxylic acids is 1. The van der Waals surface area contributed by atoms with Crippen LogP contribution in [-0.4, -0.2) is 54.0 Å². The maximum Gasteiger partial charge on any atom is 0.265 e. The summed E-state index contributed by atoms with van der Waals surface area (Å²) >= 11 is 3.06. The Hall–Kier alpha value is -2.49. The van der Waals surface area contributed by atoms with E-state index >= 15 is 0 Å². The van der Waals surface area contributed by atoms with Crippen molar-refractivity contribution < 1.29 is 9.21 Å². The third-order valence-corrected chi connectivity index (χ3v) is 7.35. The molecule has 1 fully saturated rings. The van der Waals surface area contributed by atoms with Gasteiger partial charge in [0.25, 0.3) is 5.91 Å². The molecule has 1 aromatic carbocycles. The standard InChI is InChI=1S/C20H21N5O2S2/c1-12-21-14-10-13(4-5-15(14)27-12)22-18(26)16-11-17-19(28-16)23-20(29-17)24(2)8-9-25-6-3-7-25/h4-5,10-11H,3,6-9H2,1-2H3,(H,22,26). The lowest BCUT2D eigenvalue weighted by molar-refractivity contribution is 0.103. The third kappa shape index (κ3) is 3.73. The Morgan fingerprint density at radius 2 is 2.14 bits per heavy atom. The van der Waals surface area contributed by atoms with Crippen LogP contribution in [0.1, 0.15) is 22.0 Å². The number of thiophene rings is 1. The second-order valence-electron chi connectivity index (χ2n) is 7.26. The van der Waals surface area contributed by atoms with E-state index in [1.165, 1.54) is 30.8 Å². The zero-order chi connectivity index (χ0) is 20.0. The number of oxazole rings is 1. The van der Waals surface area contributed by atoms with Crippen molar-refractivity contribution in [2.24, 2.45) is 0 Å². The molecule has 3 aromatic heterocycles. The quantitative estimate of drug-likeness (QED) is 0.497. The van der Waals surface area contributed by atoms with Crippen LogP contribution in [0.5, 0.6) is 0 Å². The zero-order valence-electron chi connectivity index (χ0n) is 16.3. The molecule has 7 nitrogen and oxygen atoms in total. The number of aromatic nitrogens is 2. The lowest BCUT2D eigenvalue weighted by Gasteiger charge is -2.32. The number of aryl methyl sites for hydroxylation is 1. The van der Waals surface area contributed by atoms with Crippen LogP contribution in [0, 0.1) is 6.92 Å². The fourth-order valence-corrected chi connectivity index (χ4v) is 5.40. The number of likely N-dealkylation sites (tertiary alicyclic amines) is 1. The number of rotatable bonds is 6. The van der Waals surface area contributed by atoms with Crippen molar-refractivity contribution in [1.29, 1.82) is 0 Å². The van der Waals surface area contributed by atoms with Crippen molar-refractivity contribution >= 4 is 60.0 Å². The molecule has 0 radical (unpaired) electrons. The van der Waals surface area contributed by atoms with Crippen molar-refractivity contribution in [1.82, 2.24) is 14.9 Å². The lowest BCUT2D eigenvalue weighted by atomic mass is 10.2. The van der Waals surface area contributed by atoms with Crippen molar-refractivity contribution in [2.45, 2.75) is 13.3 Å². The Kier molecular flexibility index (Phi) is 4.73. The summed E-state index contributed by atoms with van der Waals surface area (Å²) in [7, 11) is 2.08. The summed E-state index contributed by atoms with van der Waals surface area (Å²) in [6.45, 7) is 6.27. The third-order valence-electron chi connectivity index (χ3n) is 5.08. The molecule has 1 N–H and O–H groups in total. The van der Waals surface area contributed by atoms with Crippen LogP contribution in [-0.2, 0) is 0 Å². The van der Waals surface area contributed by atoms with Crippen molar-refractivity contribution in [3.63, 3.8) is 0 Å². The van der Waals surface area contributed by atoms with Crippen LogP contribution < -0.4 is 10.2 Å². The van der Waals surface area contributed by atoms with Crippen LogP contribution >= 0.6 is 22.7 Å². The number of anilines is 2. The number of fused-ring (bicyclic) bond motifs is 2. The van der Waals surface area contributed by atoms with Gasteiger partial charge in [-0.05, 0) is 43.8 Å². The van der Waals surface area contributed by atoms with E-state index in [0.29, 0.717) is 22.0 Å². The average Bonchev–Trinajstić information content (AvgIpc) is 3.31. The Bertz CT molecular complexity index is 1160. The monoisotopic (exact) mass is 427 g/mol. The molecule has 0 spiro atoms. The minimum absolute atomic E-state index is 0.132. The summed E-state index contributed by atoms with van der Waals surface area (Å²) in [5.41, 5.74) is 2.15. The van der Waals surface area contributed by atoms with E-state index in [4.69, 9.17) is 9.40 Å². The van der Waals surface area contributed by atoms with Gasteiger partial charge in [0.1, 0.15) is 10.3 Å². The maximum atomic E-state index is 12.7. The highest BCUT2D eigenvalue weighted by Crippen LogP contribution is 2.34. The normalized spacial score (nSPS) is 14.4. The molecule has 0 bridgehead atoms. The van der Waals surface area contributed by atoms with Gasteiger partial charge in [-0.25, -0.2) is 9.97 Å². The number of benzene rings is 1. The highest BCUT2D eigenvalue weighted by atomic mass is 32.1. The SMILES string of the molecule is Cc1nc2cc(NC(=O)c3cc4sc(N(C)CCN5CCC5)nc4s3)ccc2o1. The lowest BCUT2D eigenvalue weighted by Crippen LogP contribution is -2.41. The Morgan fingerprint density at radius 3 is 2.90 bits per heavy atom. The minimum Gasteiger partial charge on any atom is -0.441 e. The van der Waals surface area contributed by atoms with Crippen LogP contribution in [0.4, 0.5) is 10.8 Å². The molecule has 150 valence electrons. The molecule has 4 heterocycles. The Morgan fingerprint density at radius 1 is 1.28 bits per heavy atom. The van der Waals surface area contributed by atoms with Crippen LogP contribution in [0.3, 0.4) is 0 Å². The fraction of sp³-hybridized carbons (Fsp3) is 0.350. The van der Waals surface area contributed by atoms with Crippen LogP contribution in [0.15, 0.2) is 28.7 Å². The molecule has 0 saturated carbocycles. The van der Waals surface area contributed by atoms with Gasteiger partial charge in [0, 0.05) is 32.7 Å². The average molecular weight is 428 g/mol. The highest BCUT2D eigenvalue weighted by molar-refractivity contribution is 7.29. The van der Waals surface area contributed by atoms with Gasteiger partial charge in [-0.3, -0.25) is 4.79 Å². The van der Waals surface area contributed by atoms with Crippen molar-refractivity contribution in [3.05, 3.63) is 35.0 Å². The number of nitrogens with one attached hydrogen (secondary N) is 1. The number of thiazole rings is 1. The molecule has 0 unspecified atom stereocenters. The Balaban J connectivity index is 1.27. The smallest absolute Gasteiger partial charge is 0.265 e. The second-order valence-corrected chi connectivity index (χ2v) is 9.30. The maximum absolute atomic E-state index is 12.7. The molecule has 0 aliphatic carbocycles. The van der Waals surface area contributed by atoms with Gasteiger partial charge in [-0.2, -0.15) is 0 Å². The first kappa shape index (κ1) is 18.5. The van der Waals surface area contributed by atoms with Gasteiger partial charge in [-0.15, -0.1) is 11.3 Å². The molecular weight excluding hydrogens is 406 g/mol. The highest BCUT2D eigenvalue weighted by Gasteiger charge is 2.18. The van der Waals surface area contributed by atoms with Crippen molar-refractivity contribution in [2.75, 3.05) is 43.4 Å². The van der Waals surface area contributed by atoms with E-state index in [1.54, 1.807) is 18.3 Å². The summed E-state index contributed by atoms with van der Waals surface area (Å²) in [6.07, 6.45) is 1.31. The van der Waals surface area contributed by atoms with Gasteiger partial charge < -0.3 is 19.5 Å². The minimum atomic E-state index is -0.132. The van der Waals surface area contributed by atoms with Crippen LogP contribution in [0.25, 0.3) is 20.6 Å². The predicted molar refractivity (Wildman–Crippen MR) is 119 cm³/mol. The summed E-state index contributed by atoms with van der Waals surface area (Å²) in [6, 6.07) is 7.40. The number of amides is 1. The molecule has 1 amide bonds. The van der Waals surface area contributed by atoms with Gasteiger partial charge in [-0.1, -0.05) is 11.3 Å². The first-order valence-corrected chi connectivity index (χ1v) is 11.2. The van der Waals surface area contributed by atoms with E-state index in [2.05, 4.69) is 27.1 Å². The van der Waals surface area contributed by atoms with Gasteiger partial charge in [0.15, 0.2) is 16.6 Å². The van der Waals surface area contributed by atoms with Gasteiger partial charge in [0.2, 0.25) is 0 Å². The fourth-order valence-electron chi connectivity index (χ4n) is 3.30. The summed E-state index contributed by atoms with van der Waals surface area (Å²) in [4.78, 5) is 27.9. The molecular formula is C20H21N5O2S2. The van der Waals surface area contributed by atoms with Gasteiger partial charge >= 0.3 is 0 Å². The Labute approximate surface area is 176 Å². The number of hydrogen-bond acceptors (Lipinski definition) is 8. The van der Waals surface area contributed by atoms with E-state index in [0.717, 1.165) is 33.3 Å². The van der Waals surface area contributed by atoms with E-state index < -0.39 is 0 Å². The van der Waals surface area contributed by atoms with Crippen molar-refractivity contribution in [3.8, 4) is 0 Å². The molecule has 1 aliphatic rings. The molecule has 29 heavy (non-hydrogen) atoms. The van der Waals surface area contributed by atoms with E-state index in [-0.39, 0.29) is 5.91 Å². The van der Waals surface area contributed by atoms with Crippen LogP contribution in [0.2, 0.25) is 0 Å². The number of nitrogens with zero attached hydrogens (tertiary/aromatic N) is 4. The zero-order valence-corrected chi connectivity index (χ0v) is 17.9. The van der Waals surface area contributed by atoms with Gasteiger partial charge in [0.05, 0.1) is 9.58 Å².